The van der Waals surface area contributed by atoms with Gasteiger partial charge in [0.1, 0.15) is 12.1 Å². The van der Waals surface area contributed by atoms with Crippen molar-refractivity contribution in [1.82, 2.24) is 10.6 Å². The van der Waals surface area contributed by atoms with Gasteiger partial charge in [-0.1, -0.05) is 63.6 Å². The summed E-state index contributed by atoms with van der Waals surface area (Å²) in [4.78, 5) is 37.0. The lowest BCUT2D eigenvalue weighted by atomic mass is 9.86. The van der Waals surface area contributed by atoms with Crippen LogP contribution in [0.25, 0.3) is 0 Å². The van der Waals surface area contributed by atoms with E-state index in [2.05, 4.69) is 10.6 Å². The summed E-state index contributed by atoms with van der Waals surface area (Å²) in [6.07, 6.45) is 14.1. The molecule has 4 atom stereocenters. The Balaban J connectivity index is 2.60. The number of carbonyl (C=O) groups is 3. The molecule has 1 aliphatic rings. The molecule has 2 amide bonds. The quantitative estimate of drug-likeness (QED) is 0.162. The fourth-order valence-electron chi connectivity index (χ4n) is 3.33. The van der Waals surface area contributed by atoms with Crippen LogP contribution in [-0.4, -0.2) is 48.2 Å². The molecule has 1 heterocycles. The van der Waals surface area contributed by atoms with E-state index in [0.717, 1.165) is 5.57 Å². The Kier molecular flexibility index (Phi) is 12.9. The number of esters is 1. The zero-order valence-corrected chi connectivity index (χ0v) is 22.5. The summed E-state index contributed by atoms with van der Waals surface area (Å²) in [5.74, 6) is -1.07. The molecule has 8 nitrogen and oxygen atoms in total. The molecule has 0 aromatic rings. The average molecular weight is 503 g/mol. The largest absolute Gasteiger partial charge is 0.490 e. The minimum absolute atomic E-state index is 0.0586. The number of ether oxygens (including phenoxy) is 2. The predicted octanol–water partition coefficient (Wildman–Crippen LogP) is 3.85. The number of aliphatic hydroxyl groups is 1. The first-order valence-electron chi connectivity index (χ1n) is 12.2. The highest BCUT2D eigenvalue weighted by Gasteiger charge is 2.32. The van der Waals surface area contributed by atoms with Crippen molar-refractivity contribution < 1.29 is 29.0 Å². The molecule has 0 spiro atoms. The first-order chi connectivity index (χ1) is 16.8. The molecule has 1 rings (SSSR count). The summed E-state index contributed by atoms with van der Waals surface area (Å²) in [5.41, 5.74) is 0.621. The standard InChI is InChI=1S/C28H42N2O6/c1-19(2)14-15-21(31)12-10-18-29-26(33)25(28(4,5)6)30-24(32)13-9-8-11-20(3)22-16-17-23(35-7)27(34)36-22/h8-11,13-14,17-18,20-22,25,31H,12,15-16H2,1-7H3,(H,29,33)(H,30,32)/b11-8-,13-9-,18-10-/t20-,21+,22-,25+/m0/s1. The Labute approximate surface area is 215 Å². The number of methoxy groups -OCH3 is 1. The van der Waals surface area contributed by atoms with Gasteiger partial charge >= 0.3 is 5.97 Å². The Morgan fingerprint density at radius 1 is 1.25 bits per heavy atom. The summed E-state index contributed by atoms with van der Waals surface area (Å²) in [5, 5.41) is 15.4. The van der Waals surface area contributed by atoms with E-state index in [1.165, 1.54) is 19.4 Å². The number of hydrogen-bond donors (Lipinski definition) is 3. The van der Waals surface area contributed by atoms with Gasteiger partial charge in [-0.25, -0.2) is 4.79 Å². The van der Waals surface area contributed by atoms with Crippen LogP contribution in [0.2, 0.25) is 0 Å². The lowest BCUT2D eigenvalue weighted by Crippen LogP contribution is -2.52. The molecule has 36 heavy (non-hydrogen) atoms. The van der Waals surface area contributed by atoms with Crippen molar-refractivity contribution in [3.63, 3.8) is 0 Å². The molecule has 1 aliphatic heterocycles. The second kappa shape index (κ2) is 15.1. The number of nitrogens with one attached hydrogen (secondary N) is 2. The molecule has 200 valence electrons. The van der Waals surface area contributed by atoms with Gasteiger partial charge < -0.3 is 25.2 Å². The highest BCUT2D eigenvalue weighted by Crippen LogP contribution is 2.22. The van der Waals surface area contributed by atoms with Gasteiger partial charge in [-0.3, -0.25) is 9.59 Å². The van der Waals surface area contributed by atoms with E-state index in [0.29, 0.717) is 19.3 Å². The van der Waals surface area contributed by atoms with Crippen LogP contribution >= 0.6 is 0 Å². The van der Waals surface area contributed by atoms with Crippen LogP contribution in [0.15, 0.2) is 60.1 Å². The van der Waals surface area contributed by atoms with Gasteiger partial charge in [0.2, 0.25) is 11.8 Å². The number of hydrogen-bond acceptors (Lipinski definition) is 6. The molecule has 0 aromatic heterocycles. The molecule has 0 unspecified atom stereocenters. The molecule has 0 saturated heterocycles. The van der Waals surface area contributed by atoms with Crippen molar-refractivity contribution in [2.75, 3.05) is 7.11 Å². The van der Waals surface area contributed by atoms with Crippen molar-refractivity contribution in [1.29, 1.82) is 0 Å². The van der Waals surface area contributed by atoms with Crippen LogP contribution in [0.1, 0.15) is 60.8 Å². The SMILES string of the molecule is COC1=CC[C@@H]([C@@H](C)/C=C\C=C/C(=O)N[C@H](C(=O)N/C=C\C[C@@H](O)CC=C(C)C)C(C)(C)C)OC1=O. The molecule has 8 heteroatoms. The maximum atomic E-state index is 12.7. The fourth-order valence-corrected chi connectivity index (χ4v) is 3.33. The Hall–Kier alpha value is -3.13. The second-order valence-corrected chi connectivity index (χ2v) is 10.2. The third kappa shape index (κ3) is 11.5. The van der Waals surface area contributed by atoms with Crippen molar-refractivity contribution >= 4 is 17.8 Å². The number of aliphatic hydroxyl groups excluding tert-OH is 1. The Morgan fingerprint density at radius 3 is 2.53 bits per heavy atom. The lowest BCUT2D eigenvalue weighted by molar-refractivity contribution is -0.151. The average Bonchev–Trinajstić information content (AvgIpc) is 2.80. The topological polar surface area (TPSA) is 114 Å². The zero-order chi connectivity index (χ0) is 27.3. The number of cyclic esters (lactones) is 1. The van der Waals surface area contributed by atoms with Crippen LogP contribution in [0.5, 0.6) is 0 Å². The van der Waals surface area contributed by atoms with Crippen LogP contribution in [0.4, 0.5) is 0 Å². The van der Waals surface area contributed by atoms with Gasteiger partial charge in [0.05, 0.1) is 13.2 Å². The van der Waals surface area contributed by atoms with Gasteiger partial charge in [-0.05, 0) is 44.4 Å². The molecule has 0 bridgehead atoms. The smallest absolute Gasteiger partial charge is 0.373 e. The summed E-state index contributed by atoms with van der Waals surface area (Å²) >= 11 is 0. The Bertz CT molecular complexity index is 903. The molecule has 0 fully saturated rings. The van der Waals surface area contributed by atoms with Crippen molar-refractivity contribution in [2.45, 2.75) is 79.1 Å². The molecule has 0 saturated carbocycles. The van der Waals surface area contributed by atoms with Crippen molar-refractivity contribution in [2.24, 2.45) is 11.3 Å². The van der Waals surface area contributed by atoms with Crippen LogP contribution in [-0.2, 0) is 23.9 Å². The zero-order valence-electron chi connectivity index (χ0n) is 22.5. The first kappa shape index (κ1) is 30.9. The van der Waals surface area contributed by atoms with E-state index < -0.39 is 29.4 Å². The lowest BCUT2D eigenvalue weighted by Gasteiger charge is -2.29. The van der Waals surface area contributed by atoms with E-state index in [4.69, 9.17) is 9.47 Å². The van der Waals surface area contributed by atoms with Gasteiger partial charge in [0.15, 0.2) is 5.76 Å². The predicted molar refractivity (Wildman–Crippen MR) is 140 cm³/mol. The Morgan fingerprint density at radius 2 is 1.94 bits per heavy atom. The maximum Gasteiger partial charge on any atom is 0.373 e. The van der Waals surface area contributed by atoms with Crippen LogP contribution in [0, 0.1) is 11.3 Å². The number of amides is 2. The third-order valence-electron chi connectivity index (χ3n) is 5.54. The molecule has 0 radical (unpaired) electrons. The molecule has 0 aliphatic carbocycles. The molecule has 0 aromatic carbocycles. The summed E-state index contributed by atoms with van der Waals surface area (Å²) in [7, 11) is 1.43. The summed E-state index contributed by atoms with van der Waals surface area (Å²) in [6, 6.07) is -0.763. The number of carbonyl (C=O) groups excluding carboxylic acids is 3. The molecular weight excluding hydrogens is 460 g/mol. The molecular formula is C28H42N2O6. The second-order valence-electron chi connectivity index (χ2n) is 10.2. The minimum Gasteiger partial charge on any atom is -0.490 e. The van der Waals surface area contributed by atoms with Crippen molar-refractivity contribution in [3.8, 4) is 0 Å². The van der Waals surface area contributed by atoms with Crippen LogP contribution < -0.4 is 10.6 Å². The van der Waals surface area contributed by atoms with E-state index >= 15 is 0 Å². The summed E-state index contributed by atoms with van der Waals surface area (Å²) < 4.78 is 10.3. The normalized spacial score (nSPS) is 18.9. The fraction of sp³-hybridized carbons (Fsp3) is 0.536. The van der Waals surface area contributed by atoms with E-state index in [1.807, 2.05) is 53.7 Å². The maximum absolute atomic E-state index is 12.7. The highest BCUT2D eigenvalue weighted by atomic mass is 16.6. The van der Waals surface area contributed by atoms with Gasteiger partial charge in [-0.15, -0.1) is 0 Å². The third-order valence-corrected chi connectivity index (χ3v) is 5.54. The van der Waals surface area contributed by atoms with E-state index in [1.54, 1.807) is 24.3 Å². The number of allylic oxidation sites excluding steroid dienone is 3. The molecule has 3 N–H and O–H groups in total. The van der Waals surface area contributed by atoms with E-state index in [-0.39, 0.29) is 23.7 Å². The van der Waals surface area contributed by atoms with Gasteiger partial charge in [0, 0.05) is 18.4 Å². The minimum atomic E-state index is -0.763. The summed E-state index contributed by atoms with van der Waals surface area (Å²) in [6.45, 7) is 11.5. The van der Waals surface area contributed by atoms with Crippen molar-refractivity contribution in [3.05, 3.63) is 60.1 Å². The van der Waals surface area contributed by atoms with Gasteiger partial charge in [0.25, 0.3) is 0 Å². The highest BCUT2D eigenvalue weighted by molar-refractivity contribution is 5.93. The van der Waals surface area contributed by atoms with Crippen LogP contribution in [0.3, 0.4) is 0 Å². The monoisotopic (exact) mass is 502 g/mol. The first-order valence-corrected chi connectivity index (χ1v) is 12.2. The van der Waals surface area contributed by atoms with E-state index in [9.17, 15) is 19.5 Å². The number of rotatable bonds is 12. The van der Waals surface area contributed by atoms with Gasteiger partial charge in [-0.2, -0.15) is 0 Å².